The fraction of sp³-hybridized carbons (Fsp3) is 0.0833. The first-order valence-corrected chi connectivity index (χ1v) is 5.78. The Hall–Kier alpha value is -1.88. The predicted octanol–water partition coefficient (Wildman–Crippen LogP) is 2.63. The number of aryl methyl sites for hydroxylation is 1. The van der Waals surface area contributed by atoms with E-state index in [2.05, 4.69) is 9.97 Å². The molecule has 2 aromatic rings. The van der Waals surface area contributed by atoms with E-state index in [1.807, 2.05) is 31.2 Å². The SMILES string of the molecule is Cc1ccccc1Sc1nccc(C(=O)O)n1. The number of carboxylic acids is 1. The van der Waals surface area contributed by atoms with Crippen LogP contribution in [0.1, 0.15) is 16.1 Å². The highest BCUT2D eigenvalue weighted by atomic mass is 32.2. The fourth-order valence-electron chi connectivity index (χ4n) is 1.28. The Morgan fingerprint density at radius 2 is 2.06 bits per heavy atom. The van der Waals surface area contributed by atoms with Gasteiger partial charge in [0.1, 0.15) is 0 Å². The summed E-state index contributed by atoms with van der Waals surface area (Å²) in [7, 11) is 0. The molecule has 0 bridgehead atoms. The Kier molecular flexibility index (Phi) is 3.39. The predicted molar refractivity (Wildman–Crippen MR) is 64.3 cm³/mol. The third-order valence-electron chi connectivity index (χ3n) is 2.15. The summed E-state index contributed by atoms with van der Waals surface area (Å²) in [6.07, 6.45) is 1.46. The van der Waals surface area contributed by atoms with Crippen LogP contribution in [0.3, 0.4) is 0 Å². The number of hydrogen-bond acceptors (Lipinski definition) is 4. The summed E-state index contributed by atoms with van der Waals surface area (Å²) in [5, 5.41) is 9.27. The quantitative estimate of drug-likeness (QED) is 0.843. The van der Waals surface area contributed by atoms with Gasteiger partial charge in [0.15, 0.2) is 10.9 Å². The molecule has 1 aromatic heterocycles. The van der Waals surface area contributed by atoms with E-state index in [9.17, 15) is 4.79 Å². The number of carboxylic acid groups (broad SMARTS) is 1. The minimum atomic E-state index is -1.04. The van der Waals surface area contributed by atoms with Crippen molar-refractivity contribution >= 4 is 17.7 Å². The highest BCUT2D eigenvalue weighted by molar-refractivity contribution is 7.99. The van der Waals surface area contributed by atoms with Crippen molar-refractivity contribution in [3.63, 3.8) is 0 Å². The standard InChI is InChI=1S/C12H10N2O2S/c1-8-4-2-3-5-10(8)17-12-13-7-6-9(14-12)11(15)16/h2-7H,1H3,(H,15,16). The van der Waals surface area contributed by atoms with Crippen molar-refractivity contribution in [2.45, 2.75) is 17.0 Å². The van der Waals surface area contributed by atoms with Gasteiger partial charge in [0, 0.05) is 11.1 Å². The van der Waals surface area contributed by atoms with Crippen LogP contribution in [0.2, 0.25) is 0 Å². The maximum Gasteiger partial charge on any atom is 0.354 e. The van der Waals surface area contributed by atoms with Gasteiger partial charge >= 0.3 is 5.97 Å². The second-order valence-electron chi connectivity index (χ2n) is 3.40. The van der Waals surface area contributed by atoms with Gasteiger partial charge in [-0.25, -0.2) is 14.8 Å². The Morgan fingerprint density at radius 3 is 2.76 bits per heavy atom. The second kappa shape index (κ2) is 4.97. The van der Waals surface area contributed by atoms with Crippen molar-refractivity contribution in [3.05, 3.63) is 47.8 Å². The van der Waals surface area contributed by atoms with Gasteiger partial charge in [-0.1, -0.05) is 18.2 Å². The van der Waals surface area contributed by atoms with Crippen LogP contribution in [0.5, 0.6) is 0 Å². The fourth-order valence-corrected chi connectivity index (χ4v) is 2.11. The van der Waals surface area contributed by atoms with Crippen LogP contribution in [0.25, 0.3) is 0 Å². The van der Waals surface area contributed by atoms with E-state index >= 15 is 0 Å². The van der Waals surface area contributed by atoms with Gasteiger partial charge in [0.2, 0.25) is 0 Å². The van der Waals surface area contributed by atoms with Gasteiger partial charge in [-0.05, 0) is 36.4 Å². The van der Waals surface area contributed by atoms with Crippen LogP contribution >= 0.6 is 11.8 Å². The van der Waals surface area contributed by atoms with Crippen LogP contribution < -0.4 is 0 Å². The first-order chi connectivity index (χ1) is 8.16. The molecule has 0 spiro atoms. The van der Waals surface area contributed by atoms with E-state index in [4.69, 9.17) is 5.11 Å². The highest BCUT2D eigenvalue weighted by Gasteiger charge is 2.08. The lowest BCUT2D eigenvalue weighted by molar-refractivity contribution is 0.0689. The maximum absolute atomic E-state index is 10.8. The summed E-state index contributed by atoms with van der Waals surface area (Å²) < 4.78 is 0. The molecule has 0 saturated carbocycles. The average Bonchev–Trinajstić information content (AvgIpc) is 2.32. The Morgan fingerprint density at radius 1 is 1.29 bits per heavy atom. The van der Waals surface area contributed by atoms with Gasteiger partial charge < -0.3 is 5.11 Å². The Bertz CT molecular complexity index is 558. The molecular weight excluding hydrogens is 236 g/mol. The van der Waals surface area contributed by atoms with Crippen LogP contribution in [-0.2, 0) is 0 Å². The number of hydrogen-bond donors (Lipinski definition) is 1. The van der Waals surface area contributed by atoms with Crippen molar-refractivity contribution in [3.8, 4) is 0 Å². The van der Waals surface area contributed by atoms with Gasteiger partial charge in [-0.3, -0.25) is 0 Å². The summed E-state index contributed by atoms with van der Waals surface area (Å²) >= 11 is 1.36. The van der Waals surface area contributed by atoms with E-state index in [1.165, 1.54) is 24.0 Å². The van der Waals surface area contributed by atoms with Crippen molar-refractivity contribution < 1.29 is 9.90 Å². The zero-order chi connectivity index (χ0) is 12.3. The summed E-state index contributed by atoms with van der Waals surface area (Å²) in [4.78, 5) is 19.8. The summed E-state index contributed by atoms with van der Waals surface area (Å²) in [6, 6.07) is 9.20. The first kappa shape index (κ1) is 11.6. The molecule has 86 valence electrons. The third kappa shape index (κ3) is 2.82. The van der Waals surface area contributed by atoms with Gasteiger partial charge in [-0.15, -0.1) is 0 Å². The number of carbonyl (C=O) groups is 1. The zero-order valence-electron chi connectivity index (χ0n) is 9.12. The summed E-state index contributed by atoms with van der Waals surface area (Å²) in [5.41, 5.74) is 1.12. The van der Waals surface area contributed by atoms with E-state index in [1.54, 1.807) is 0 Å². The molecule has 17 heavy (non-hydrogen) atoms. The monoisotopic (exact) mass is 246 g/mol. The zero-order valence-corrected chi connectivity index (χ0v) is 9.94. The largest absolute Gasteiger partial charge is 0.477 e. The lowest BCUT2D eigenvalue weighted by Crippen LogP contribution is -2.01. The van der Waals surface area contributed by atoms with Gasteiger partial charge in [0.25, 0.3) is 0 Å². The minimum Gasteiger partial charge on any atom is -0.477 e. The number of aromatic carboxylic acids is 1. The third-order valence-corrected chi connectivity index (χ3v) is 3.20. The molecule has 0 fully saturated rings. The molecule has 0 unspecified atom stereocenters. The number of nitrogens with zero attached hydrogens (tertiary/aromatic N) is 2. The first-order valence-electron chi connectivity index (χ1n) is 4.96. The molecule has 0 amide bonds. The van der Waals surface area contributed by atoms with E-state index in [0.717, 1.165) is 10.5 Å². The molecule has 2 rings (SSSR count). The number of benzene rings is 1. The smallest absolute Gasteiger partial charge is 0.354 e. The lowest BCUT2D eigenvalue weighted by Gasteiger charge is -2.03. The number of rotatable bonds is 3. The molecule has 0 radical (unpaired) electrons. The minimum absolute atomic E-state index is 0.0103. The maximum atomic E-state index is 10.8. The Balaban J connectivity index is 2.28. The molecular formula is C12H10N2O2S. The molecule has 4 nitrogen and oxygen atoms in total. The molecule has 0 saturated heterocycles. The summed E-state index contributed by atoms with van der Waals surface area (Å²) in [5.74, 6) is -1.04. The topological polar surface area (TPSA) is 63.1 Å². The van der Waals surface area contributed by atoms with Gasteiger partial charge in [-0.2, -0.15) is 0 Å². The summed E-state index contributed by atoms with van der Waals surface area (Å²) in [6.45, 7) is 1.99. The van der Waals surface area contributed by atoms with Crippen LogP contribution in [0.4, 0.5) is 0 Å². The van der Waals surface area contributed by atoms with Crippen LogP contribution in [-0.4, -0.2) is 21.0 Å². The Labute approximate surface area is 103 Å². The molecule has 0 atom stereocenters. The second-order valence-corrected chi connectivity index (χ2v) is 4.41. The average molecular weight is 246 g/mol. The molecule has 0 aliphatic carbocycles. The lowest BCUT2D eigenvalue weighted by atomic mass is 10.2. The van der Waals surface area contributed by atoms with E-state index in [-0.39, 0.29) is 5.69 Å². The van der Waals surface area contributed by atoms with Crippen molar-refractivity contribution in [2.75, 3.05) is 0 Å². The molecule has 1 N–H and O–H groups in total. The normalized spacial score (nSPS) is 10.2. The number of aromatic nitrogens is 2. The van der Waals surface area contributed by atoms with E-state index < -0.39 is 5.97 Å². The molecule has 0 aliphatic rings. The van der Waals surface area contributed by atoms with E-state index in [0.29, 0.717) is 5.16 Å². The van der Waals surface area contributed by atoms with Gasteiger partial charge in [0.05, 0.1) is 0 Å². The van der Waals surface area contributed by atoms with Crippen molar-refractivity contribution in [2.24, 2.45) is 0 Å². The van der Waals surface area contributed by atoms with Crippen molar-refractivity contribution in [1.82, 2.24) is 9.97 Å². The van der Waals surface area contributed by atoms with Crippen LogP contribution in [0, 0.1) is 6.92 Å². The van der Waals surface area contributed by atoms with Crippen LogP contribution in [0.15, 0.2) is 46.6 Å². The molecule has 0 aliphatic heterocycles. The molecule has 1 aromatic carbocycles. The molecule has 5 heteroatoms. The molecule has 1 heterocycles. The van der Waals surface area contributed by atoms with Crippen molar-refractivity contribution in [1.29, 1.82) is 0 Å². The highest BCUT2D eigenvalue weighted by Crippen LogP contribution is 2.27.